The third-order valence-corrected chi connectivity index (χ3v) is 4.50. The molecule has 1 fully saturated rings. The Morgan fingerprint density at radius 1 is 1.35 bits per heavy atom. The molecule has 0 aliphatic carbocycles. The molecule has 1 saturated heterocycles. The summed E-state index contributed by atoms with van der Waals surface area (Å²) >= 11 is 0. The molecule has 2 aromatic rings. The van der Waals surface area contributed by atoms with Crippen LogP contribution in [-0.2, 0) is 6.54 Å². The van der Waals surface area contributed by atoms with Crippen LogP contribution in [0.4, 0.5) is 4.79 Å². The number of urea groups is 1. The van der Waals surface area contributed by atoms with Crippen molar-refractivity contribution in [2.75, 3.05) is 6.54 Å². The molecule has 1 aromatic heterocycles. The zero-order valence-electron chi connectivity index (χ0n) is 13.8. The second kappa shape index (κ2) is 6.86. The molecule has 3 rings (SSSR count). The van der Waals surface area contributed by atoms with Crippen molar-refractivity contribution < 1.29 is 4.79 Å². The van der Waals surface area contributed by atoms with Crippen LogP contribution < -0.4 is 5.32 Å². The van der Waals surface area contributed by atoms with Crippen LogP contribution in [0.5, 0.6) is 0 Å². The van der Waals surface area contributed by atoms with E-state index in [2.05, 4.69) is 24.3 Å². The van der Waals surface area contributed by atoms with Gasteiger partial charge in [-0.2, -0.15) is 5.10 Å². The third kappa shape index (κ3) is 3.38. The molecule has 1 unspecified atom stereocenters. The Labute approximate surface area is 137 Å². The molecule has 2 amide bonds. The monoisotopic (exact) mass is 312 g/mol. The fourth-order valence-electron chi connectivity index (χ4n) is 3.31. The van der Waals surface area contributed by atoms with E-state index in [9.17, 15) is 4.79 Å². The fraction of sp³-hybridized carbons (Fsp3) is 0.444. The van der Waals surface area contributed by atoms with E-state index >= 15 is 0 Å². The zero-order chi connectivity index (χ0) is 16.2. The van der Waals surface area contributed by atoms with Crippen LogP contribution >= 0.6 is 0 Å². The van der Waals surface area contributed by atoms with Gasteiger partial charge >= 0.3 is 6.03 Å². The summed E-state index contributed by atoms with van der Waals surface area (Å²) in [6.07, 6.45) is 5.87. The van der Waals surface area contributed by atoms with E-state index < -0.39 is 0 Å². The molecule has 1 aliphatic heterocycles. The minimum absolute atomic E-state index is 0.0384. The first-order chi connectivity index (χ1) is 11.2. The second-order valence-corrected chi connectivity index (χ2v) is 6.39. The Balaban J connectivity index is 1.68. The average molecular weight is 312 g/mol. The Morgan fingerprint density at radius 3 is 2.91 bits per heavy atom. The number of aromatic nitrogens is 2. The first kappa shape index (κ1) is 15.6. The van der Waals surface area contributed by atoms with Crippen LogP contribution in [-0.4, -0.2) is 33.3 Å². The molecule has 122 valence electrons. The molecule has 1 atom stereocenters. The summed E-state index contributed by atoms with van der Waals surface area (Å²) in [4.78, 5) is 14.5. The van der Waals surface area contributed by atoms with Crippen molar-refractivity contribution >= 4 is 6.03 Å². The highest BCUT2D eigenvalue weighted by Crippen LogP contribution is 2.23. The van der Waals surface area contributed by atoms with E-state index in [0.717, 1.165) is 30.6 Å². The minimum atomic E-state index is 0.0384. The Morgan fingerprint density at radius 2 is 2.17 bits per heavy atom. The lowest BCUT2D eigenvalue weighted by atomic mass is 10.0. The molecule has 1 aliphatic rings. The first-order valence-electron chi connectivity index (χ1n) is 8.29. The largest absolute Gasteiger partial charge is 0.334 e. The van der Waals surface area contributed by atoms with E-state index in [1.54, 1.807) is 6.20 Å². The maximum atomic E-state index is 12.5. The van der Waals surface area contributed by atoms with Gasteiger partial charge in [-0.3, -0.25) is 0 Å². The van der Waals surface area contributed by atoms with Gasteiger partial charge in [0.2, 0.25) is 0 Å². The van der Waals surface area contributed by atoms with Crippen LogP contribution in [0.1, 0.15) is 32.3 Å². The molecule has 2 heterocycles. The number of carbonyl (C=O) groups is 1. The lowest BCUT2D eigenvalue weighted by Gasteiger charge is -2.28. The average Bonchev–Trinajstić information content (AvgIpc) is 3.23. The summed E-state index contributed by atoms with van der Waals surface area (Å²) in [6.45, 7) is 5.73. The summed E-state index contributed by atoms with van der Waals surface area (Å²) in [5, 5.41) is 7.35. The number of amides is 2. The van der Waals surface area contributed by atoms with Crippen molar-refractivity contribution in [3.05, 3.63) is 48.3 Å². The van der Waals surface area contributed by atoms with Crippen molar-refractivity contribution in [1.29, 1.82) is 0 Å². The molecule has 5 heteroatoms. The SMILES string of the molecule is CC(C)C1CCCN1C(=O)NCc1ccccc1-n1cccn1. The van der Waals surface area contributed by atoms with Crippen LogP contribution in [0, 0.1) is 5.92 Å². The number of nitrogens with zero attached hydrogens (tertiary/aromatic N) is 3. The number of hydrogen-bond donors (Lipinski definition) is 1. The maximum absolute atomic E-state index is 12.5. The first-order valence-corrected chi connectivity index (χ1v) is 8.29. The van der Waals surface area contributed by atoms with E-state index in [0.29, 0.717) is 18.5 Å². The zero-order valence-corrected chi connectivity index (χ0v) is 13.8. The van der Waals surface area contributed by atoms with E-state index in [4.69, 9.17) is 0 Å². The van der Waals surface area contributed by atoms with E-state index in [1.165, 1.54) is 0 Å². The highest BCUT2D eigenvalue weighted by molar-refractivity contribution is 5.75. The third-order valence-electron chi connectivity index (χ3n) is 4.50. The van der Waals surface area contributed by atoms with Gasteiger partial charge in [0.25, 0.3) is 0 Å². The highest BCUT2D eigenvalue weighted by Gasteiger charge is 2.30. The van der Waals surface area contributed by atoms with Gasteiger partial charge in [0.1, 0.15) is 0 Å². The molecule has 0 spiro atoms. The van der Waals surface area contributed by atoms with Crippen molar-refractivity contribution in [3.63, 3.8) is 0 Å². The van der Waals surface area contributed by atoms with E-state index in [-0.39, 0.29) is 6.03 Å². The number of para-hydroxylation sites is 1. The maximum Gasteiger partial charge on any atom is 0.317 e. The van der Waals surface area contributed by atoms with Gasteiger partial charge < -0.3 is 10.2 Å². The summed E-state index contributed by atoms with van der Waals surface area (Å²) < 4.78 is 1.83. The Kier molecular flexibility index (Phi) is 4.65. The second-order valence-electron chi connectivity index (χ2n) is 6.39. The number of likely N-dealkylation sites (tertiary alicyclic amines) is 1. The van der Waals surface area contributed by atoms with Gasteiger partial charge in [0, 0.05) is 31.5 Å². The molecule has 1 N–H and O–H groups in total. The predicted octanol–water partition coefficient (Wildman–Crippen LogP) is 3.20. The number of nitrogens with one attached hydrogen (secondary N) is 1. The van der Waals surface area contributed by atoms with Crippen LogP contribution in [0.15, 0.2) is 42.7 Å². The van der Waals surface area contributed by atoms with Crippen molar-refractivity contribution in [1.82, 2.24) is 20.0 Å². The van der Waals surface area contributed by atoms with Gasteiger partial charge in [-0.25, -0.2) is 9.48 Å². The predicted molar refractivity (Wildman–Crippen MR) is 90.4 cm³/mol. The smallest absolute Gasteiger partial charge is 0.317 e. The number of rotatable bonds is 4. The van der Waals surface area contributed by atoms with Crippen LogP contribution in [0.25, 0.3) is 5.69 Å². The highest BCUT2D eigenvalue weighted by atomic mass is 16.2. The summed E-state index contributed by atoms with van der Waals surface area (Å²) in [5.41, 5.74) is 2.06. The topological polar surface area (TPSA) is 50.2 Å². The van der Waals surface area contributed by atoms with Gasteiger partial charge in [0.05, 0.1) is 5.69 Å². The van der Waals surface area contributed by atoms with Gasteiger partial charge in [-0.05, 0) is 36.5 Å². The Hall–Kier alpha value is -2.30. The molecule has 23 heavy (non-hydrogen) atoms. The normalized spacial score (nSPS) is 17.7. The molecular weight excluding hydrogens is 288 g/mol. The quantitative estimate of drug-likeness (QED) is 0.942. The molecule has 0 bridgehead atoms. The summed E-state index contributed by atoms with van der Waals surface area (Å²) in [7, 11) is 0. The van der Waals surface area contributed by atoms with E-state index in [1.807, 2.05) is 46.1 Å². The van der Waals surface area contributed by atoms with Crippen molar-refractivity contribution in [2.24, 2.45) is 5.92 Å². The molecular formula is C18H24N4O. The molecule has 5 nitrogen and oxygen atoms in total. The van der Waals surface area contributed by atoms with Gasteiger partial charge in [-0.15, -0.1) is 0 Å². The van der Waals surface area contributed by atoms with Crippen LogP contribution in [0.3, 0.4) is 0 Å². The number of hydrogen-bond acceptors (Lipinski definition) is 2. The van der Waals surface area contributed by atoms with Gasteiger partial charge in [0.15, 0.2) is 0 Å². The standard InChI is InChI=1S/C18H24N4O/c1-14(2)16-9-5-11-21(16)18(23)19-13-15-7-3-4-8-17(15)22-12-6-10-20-22/h3-4,6-8,10,12,14,16H,5,9,11,13H2,1-2H3,(H,19,23). The molecule has 0 radical (unpaired) electrons. The fourth-order valence-corrected chi connectivity index (χ4v) is 3.31. The minimum Gasteiger partial charge on any atom is -0.334 e. The number of benzene rings is 1. The molecule has 0 saturated carbocycles. The Bertz CT molecular complexity index is 651. The number of carbonyl (C=O) groups excluding carboxylic acids is 1. The lowest BCUT2D eigenvalue weighted by molar-refractivity contribution is 0.178. The van der Waals surface area contributed by atoms with Crippen molar-refractivity contribution in [2.45, 2.75) is 39.3 Å². The molecule has 1 aromatic carbocycles. The summed E-state index contributed by atoms with van der Waals surface area (Å²) in [6, 6.07) is 10.3. The van der Waals surface area contributed by atoms with Crippen molar-refractivity contribution in [3.8, 4) is 5.69 Å². The van der Waals surface area contributed by atoms with Gasteiger partial charge in [-0.1, -0.05) is 32.0 Å². The van der Waals surface area contributed by atoms with Crippen LogP contribution in [0.2, 0.25) is 0 Å². The lowest BCUT2D eigenvalue weighted by Crippen LogP contribution is -2.44. The summed E-state index contributed by atoms with van der Waals surface area (Å²) in [5.74, 6) is 0.500.